The first-order valence-corrected chi connectivity index (χ1v) is 8.93. The average molecular weight is 352 g/mol. The SMILES string of the molecule is CC(C)[C@H](N)C(=O)Nc1ccc(Cl)c(C(=O)NC2CCCCC2)c1. The minimum Gasteiger partial charge on any atom is -0.349 e. The minimum atomic E-state index is -0.597. The maximum Gasteiger partial charge on any atom is 0.253 e. The second kappa shape index (κ2) is 8.49. The number of nitrogens with one attached hydrogen (secondary N) is 2. The van der Waals surface area contributed by atoms with E-state index in [1.54, 1.807) is 18.2 Å². The van der Waals surface area contributed by atoms with Gasteiger partial charge in [-0.15, -0.1) is 0 Å². The van der Waals surface area contributed by atoms with Crippen molar-refractivity contribution in [2.45, 2.75) is 58.0 Å². The molecule has 5 nitrogen and oxygen atoms in total. The second-order valence-electron chi connectivity index (χ2n) is 6.76. The molecule has 6 heteroatoms. The smallest absolute Gasteiger partial charge is 0.253 e. The molecule has 0 aromatic heterocycles. The number of amides is 2. The summed E-state index contributed by atoms with van der Waals surface area (Å²) in [6, 6.07) is 4.50. The molecule has 1 aliphatic rings. The summed E-state index contributed by atoms with van der Waals surface area (Å²) in [7, 11) is 0. The third kappa shape index (κ3) is 4.95. The topological polar surface area (TPSA) is 84.2 Å². The van der Waals surface area contributed by atoms with E-state index < -0.39 is 6.04 Å². The van der Waals surface area contributed by atoms with E-state index in [9.17, 15) is 9.59 Å². The lowest BCUT2D eigenvalue weighted by atomic mass is 9.95. The maximum absolute atomic E-state index is 12.5. The average Bonchev–Trinajstić information content (AvgIpc) is 2.56. The first-order valence-electron chi connectivity index (χ1n) is 8.55. The van der Waals surface area contributed by atoms with Crippen LogP contribution < -0.4 is 16.4 Å². The third-order valence-electron chi connectivity index (χ3n) is 4.44. The summed E-state index contributed by atoms with van der Waals surface area (Å²) in [5, 5.41) is 6.15. The molecule has 2 rings (SSSR count). The largest absolute Gasteiger partial charge is 0.349 e. The van der Waals surface area contributed by atoms with Gasteiger partial charge in [0.1, 0.15) is 0 Å². The quantitative estimate of drug-likeness (QED) is 0.760. The standard InChI is InChI=1S/C18H26ClN3O2/c1-11(2)16(20)18(24)22-13-8-9-15(19)14(10-13)17(23)21-12-6-4-3-5-7-12/h8-12,16H,3-7,20H2,1-2H3,(H,21,23)(H,22,24)/t16-/m0/s1. The summed E-state index contributed by atoms with van der Waals surface area (Å²) >= 11 is 6.16. The van der Waals surface area contributed by atoms with Gasteiger partial charge < -0.3 is 16.4 Å². The summed E-state index contributed by atoms with van der Waals surface area (Å²) in [5.41, 5.74) is 6.74. The van der Waals surface area contributed by atoms with Gasteiger partial charge in [-0.25, -0.2) is 0 Å². The fraction of sp³-hybridized carbons (Fsp3) is 0.556. The van der Waals surface area contributed by atoms with E-state index in [1.165, 1.54) is 6.42 Å². The van der Waals surface area contributed by atoms with Crippen LogP contribution in [-0.4, -0.2) is 23.9 Å². The van der Waals surface area contributed by atoms with Crippen LogP contribution in [0.1, 0.15) is 56.3 Å². The zero-order valence-corrected chi connectivity index (χ0v) is 15.0. The van der Waals surface area contributed by atoms with Crippen molar-refractivity contribution in [1.29, 1.82) is 0 Å². The van der Waals surface area contributed by atoms with E-state index in [2.05, 4.69) is 10.6 Å². The molecule has 1 aromatic carbocycles. The summed E-state index contributed by atoms with van der Waals surface area (Å²) < 4.78 is 0. The Kier molecular flexibility index (Phi) is 6.63. The third-order valence-corrected chi connectivity index (χ3v) is 4.77. The van der Waals surface area contributed by atoms with Crippen LogP contribution in [0.15, 0.2) is 18.2 Å². The van der Waals surface area contributed by atoms with Crippen LogP contribution in [0.3, 0.4) is 0 Å². The summed E-state index contributed by atoms with van der Waals surface area (Å²) in [5.74, 6) is -0.437. The predicted molar refractivity (Wildman–Crippen MR) is 97.2 cm³/mol. The van der Waals surface area contributed by atoms with Gasteiger partial charge in [0, 0.05) is 11.7 Å². The van der Waals surface area contributed by atoms with Crippen LogP contribution in [0.25, 0.3) is 0 Å². The highest BCUT2D eigenvalue weighted by Gasteiger charge is 2.20. The molecule has 0 unspecified atom stereocenters. The zero-order valence-electron chi connectivity index (χ0n) is 14.3. The van der Waals surface area contributed by atoms with Crippen LogP contribution >= 0.6 is 11.6 Å². The Morgan fingerprint density at radius 2 is 1.88 bits per heavy atom. The minimum absolute atomic E-state index is 0.0337. The molecule has 0 aliphatic heterocycles. The van der Waals surface area contributed by atoms with Gasteiger partial charge in [-0.1, -0.05) is 44.7 Å². The highest BCUT2D eigenvalue weighted by Crippen LogP contribution is 2.23. The van der Waals surface area contributed by atoms with Gasteiger partial charge in [-0.05, 0) is 37.0 Å². The van der Waals surface area contributed by atoms with Crippen LogP contribution in [0.4, 0.5) is 5.69 Å². The Bertz CT molecular complexity index is 598. The van der Waals surface area contributed by atoms with Crippen molar-refractivity contribution >= 4 is 29.1 Å². The summed E-state index contributed by atoms with van der Waals surface area (Å²) in [4.78, 5) is 24.5. The molecular formula is C18H26ClN3O2. The normalized spacial score (nSPS) is 16.7. The van der Waals surface area contributed by atoms with E-state index in [0.29, 0.717) is 16.3 Å². The number of carbonyl (C=O) groups excluding carboxylic acids is 2. The lowest BCUT2D eigenvalue weighted by molar-refractivity contribution is -0.118. The molecule has 0 spiro atoms. The molecule has 1 saturated carbocycles. The molecule has 0 bridgehead atoms. The molecule has 0 radical (unpaired) electrons. The highest BCUT2D eigenvalue weighted by molar-refractivity contribution is 6.34. The van der Waals surface area contributed by atoms with E-state index in [1.807, 2.05) is 13.8 Å². The zero-order chi connectivity index (χ0) is 17.7. The molecule has 2 amide bonds. The molecule has 1 aromatic rings. The van der Waals surface area contributed by atoms with Crippen LogP contribution in [0.2, 0.25) is 5.02 Å². The molecule has 24 heavy (non-hydrogen) atoms. The summed E-state index contributed by atoms with van der Waals surface area (Å²) in [6.07, 6.45) is 5.51. The highest BCUT2D eigenvalue weighted by atomic mass is 35.5. The van der Waals surface area contributed by atoms with E-state index in [0.717, 1.165) is 25.7 Å². The van der Waals surface area contributed by atoms with Gasteiger partial charge >= 0.3 is 0 Å². The number of halogens is 1. The number of rotatable bonds is 5. The van der Waals surface area contributed by atoms with Gasteiger partial charge in [0.25, 0.3) is 5.91 Å². The number of benzene rings is 1. The fourth-order valence-corrected chi connectivity index (χ4v) is 3.02. The van der Waals surface area contributed by atoms with Crippen LogP contribution in [0, 0.1) is 5.92 Å². The van der Waals surface area contributed by atoms with Gasteiger partial charge in [0.15, 0.2) is 0 Å². The first kappa shape index (κ1) is 18.7. The Morgan fingerprint density at radius 3 is 2.50 bits per heavy atom. The van der Waals surface area contributed by atoms with Crippen molar-refractivity contribution in [2.24, 2.45) is 11.7 Å². The molecule has 1 atom stereocenters. The fourth-order valence-electron chi connectivity index (χ4n) is 2.82. The van der Waals surface area contributed by atoms with Crippen molar-refractivity contribution in [3.63, 3.8) is 0 Å². The first-order chi connectivity index (χ1) is 11.4. The molecule has 1 fully saturated rings. The van der Waals surface area contributed by atoms with Gasteiger partial charge in [0.05, 0.1) is 16.6 Å². The number of hydrogen-bond donors (Lipinski definition) is 3. The number of hydrogen-bond acceptors (Lipinski definition) is 3. The number of anilines is 1. The van der Waals surface area contributed by atoms with Gasteiger partial charge in [0.2, 0.25) is 5.91 Å². The van der Waals surface area contributed by atoms with Crippen molar-refractivity contribution in [3.05, 3.63) is 28.8 Å². The Labute approximate surface area is 148 Å². The Hall–Kier alpha value is -1.59. The van der Waals surface area contributed by atoms with Crippen LogP contribution in [-0.2, 0) is 4.79 Å². The number of nitrogens with two attached hydrogens (primary N) is 1. The lowest BCUT2D eigenvalue weighted by Gasteiger charge is -2.23. The van der Waals surface area contributed by atoms with Crippen LogP contribution in [0.5, 0.6) is 0 Å². The maximum atomic E-state index is 12.5. The predicted octanol–water partition coefficient (Wildman–Crippen LogP) is 3.32. The molecule has 0 heterocycles. The van der Waals surface area contributed by atoms with E-state index >= 15 is 0 Å². The number of carbonyl (C=O) groups is 2. The molecule has 132 valence electrons. The van der Waals surface area contributed by atoms with Crippen molar-refractivity contribution in [3.8, 4) is 0 Å². The van der Waals surface area contributed by atoms with Gasteiger partial charge in [-0.2, -0.15) is 0 Å². The van der Waals surface area contributed by atoms with E-state index in [-0.39, 0.29) is 23.8 Å². The Morgan fingerprint density at radius 1 is 1.21 bits per heavy atom. The molecule has 4 N–H and O–H groups in total. The second-order valence-corrected chi connectivity index (χ2v) is 7.17. The molecular weight excluding hydrogens is 326 g/mol. The van der Waals surface area contributed by atoms with E-state index in [4.69, 9.17) is 17.3 Å². The van der Waals surface area contributed by atoms with Crippen molar-refractivity contribution in [2.75, 3.05) is 5.32 Å². The van der Waals surface area contributed by atoms with Crippen molar-refractivity contribution in [1.82, 2.24) is 5.32 Å². The lowest BCUT2D eigenvalue weighted by Crippen LogP contribution is -2.39. The molecule has 0 saturated heterocycles. The van der Waals surface area contributed by atoms with Crippen molar-refractivity contribution < 1.29 is 9.59 Å². The summed E-state index contributed by atoms with van der Waals surface area (Å²) in [6.45, 7) is 3.77. The molecule has 1 aliphatic carbocycles. The monoisotopic (exact) mass is 351 g/mol. The Balaban J connectivity index is 2.07. The van der Waals surface area contributed by atoms with Gasteiger partial charge in [-0.3, -0.25) is 9.59 Å².